The summed E-state index contributed by atoms with van der Waals surface area (Å²) in [5, 5.41) is 0. The van der Waals surface area contributed by atoms with Gasteiger partial charge < -0.3 is 9.47 Å². The molecule has 1 fully saturated rings. The van der Waals surface area contributed by atoms with Crippen LogP contribution < -0.4 is 0 Å². The molecule has 1 rings (SSSR count). The minimum Gasteiger partial charge on any atom is -0.459 e. The van der Waals surface area contributed by atoms with Crippen molar-refractivity contribution >= 4 is 17.7 Å². The fourth-order valence-electron chi connectivity index (χ4n) is 1.95. The average molecular weight is 260 g/mol. The van der Waals surface area contributed by atoms with Crippen molar-refractivity contribution < 1.29 is 14.3 Å². The molecular formula is C13H24O3S. The smallest absolute Gasteiger partial charge is 0.316 e. The maximum Gasteiger partial charge on any atom is 0.316 e. The van der Waals surface area contributed by atoms with Crippen molar-refractivity contribution in [1.29, 1.82) is 0 Å². The highest BCUT2D eigenvalue weighted by molar-refractivity contribution is 8.01. The summed E-state index contributed by atoms with van der Waals surface area (Å²) in [4.78, 5) is 11.7. The predicted octanol–water partition coefficient (Wildman–Crippen LogP) is 3.02. The minimum atomic E-state index is -0.112. The van der Waals surface area contributed by atoms with Crippen molar-refractivity contribution in [2.24, 2.45) is 0 Å². The molecule has 0 aromatic heterocycles. The summed E-state index contributed by atoms with van der Waals surface area (Å²) in [5.41, 5.74) is 0. The zero-order chi connectivity index (χ0) is 12.9. The zero-order valence-corrected chi connectivity index (χ0v) is 12.1. The molecule has 0 heterocycles. The van der Waals surface area contributed by atoms with Crippen LogP contribution in [0.5, 0.6) is 0 Å². The molecule has 0 aromatic rings. The molecule has 0 unspecified atom stereocenters. The van der Waals surface area contributed by atoms with Gasteiger partial charge in [-0.25, -0.2) is 0 Å². The topological polar surface area (TPSA) is 35.5 Å². The number of carbonyl (C=O) groups excluding carboxylic acids is 1. The summed E-state index contributed by atoms with van der Waals surface area (Å²) >= 11 is 1.62. The lowest BCUT2D eigenvalue weighted by atomic mass is 9.94. The Hall–Kier alpha value is -0.220. The van der Waals surface area contributed by atoms with Gasteiger partial charge in [0.05, 0.1) is 11.9 Å². The van der Waals surface area contributed by atoms with E-state index in [0.29, 0.717) is 5.75 Å². The molecular weight excluding hydrogens is 236 g/mol. The van der Waals surface area contributed by atoms with Crippen molar-refractivity contribution in [2.75, 3.05) is 12.9 Å². The van der Waals surface area contributed by atoms with Gasteiger partial charge in [0.2, 0.25) is 0 Å². The Morgan fingerprint density at radius 1 is 1.24 bits per heavy atom. The van der Waals surface area contributed by atoms with Crippen molar-refractivity contribution in [2.45, 2.75) is 63.4 Å². The molecule has 100 valence electrons. The van der Waals surface area contributed by atoms with E-state index < -0.39 is 0 Å². The number of methoxy groups -OCH3 is 1. The molecule has 0 aliphatic heterocycles. The monoisotopic (exact) mass is 260 g/mol. The molecule has 1 saturated carbocycles. The van der Waals surface area contributed by atoms with Crippen molar-refractivity contribution in [3.05, 3.63) is 0 Å². The molecule has 17 heavy (non-hydrogen) atoms. The Bertz CT molecular complexity index is 248. The first kappa shape index (κ1) is 14.8. The van der Waals surface area contributed by atoms with Gasteiger partial charge in [0.1, 0.15) is 6.10 Å². The number of ether oxygens (including phenoxy) is 2. The maximum absolute atomic E-state index is 11.7. The first-order valence-electron chi connectivity index (χ1n) is 6.28. The van der Waals surface area contributed by atoms with Gasteiger partial charge in [0, 0.05) is 11.9 Å². The second kappa shape index (κ2) is 6.64. The van der Waals surface area contributed by atoms with E-state index in [1.807, 2.05) is 0 Å². The molecule has 0 bridgehead atoms. The molecule has 0 saturated heterocycles. The van der Waals surface area contributed by atoms with Crippen molar-refractivity contribution in [1.82, 2.24) is 0 Å². The molecule has 1 aliphatic rings. The molecule has 0 N–H and O–H groups in total. The number of hydrogen-bond donors (Lipinski definition) is 0. The normalized spacial score (nSPS) is 25.6. The van der Waals surface area contributed by atoms with E-state index in [1.165, 1.54) is 6.42 Å². The van der Waals surface area contributed by atoms with Gasteiger partial charge in [-0.15, -0.1) is 11.8 Å². The third-order valence-electron chi connectivity index (χ3n) is 2.85. The van der Waals surface area contributed by atoms with E-state index >= 15 is 0 Å². The van der Waals surface area contributed by atoms with Crippen LogP contribution in [0, 0.1) is 0 Å². The molecule has 2 atom stereocenters. The average Bonchev–Trinajstić information content (AvgIpc) is 2.26. The Morgan fingerprint density at radius 2 is 1.82 bits per heavy atom. The lowest BCUT2D eigenvalue weighted by Gasteiger charge is -2.30. The van der Waals surface area contributed by atoms with E-state index in [1.54, 1.807) is 18.9 Å². The number of hydrogen-bond acceptors (Lipinski definition) is 4. The summed E-state index contributed by atoms with van der Waals surface area (Å²) in [7, 11) is 1.70. The molecule has 0 aromatic carbocycles. The highest BCUT2D eigenvalue weighted by Gasteiger charge is 2.28. The standard InChI is InChI=1S/C13H24O3S/c1-13(2,3)17-9-12(14)16-11-8-6-5-7-10(11)15-4/h10-11H,5-9H2,1-4H3/t10-,11-/m1/s1. The van der Waals surface area contributed by atoms with Gasteiger partial charge in [-0.1, -0.05) is 27.2 Å². The Balaban J connectivity index is 2.33. The summed E-state index contributed by atoms with van der Waals surface area (Å²) < 4.78 is 11.0. The molecule has 0 amide bonds. The van der Waals surface area contributed by atoms with E-state index in [9.17, 15) is 4.79 Å². The van der Waals surface area contributed by atoms with E-state index in [4.69, 9.17) is 9.47 Å². The van der Waals surface area contributed by atoms with Gasteiger partial charge >= 0.3 is 5.97 Å². The van der Waals surface area contributed by atoms with Gasteiger partial charge in [0.25, 0.3) is 0 Å². The summed E-state index contributed by atoms with van der Waals surface area (Å²) in [6, 6.07) is 0. The van der Waals surface area contributed by atoms with Gasteiger partial charge in [-0.3, -0.25) is 4.79 Å². The van der Waals surface area contributed by atoms with Crippen molar-refractivity contribution in [3.63, 3.8) is 0 Å². The van der Waals surface area contributed by atoms with Gasteiger partial charge in [0.15, 0.2) is 0 Å². The number of rotatable bonds is 4. The quantitative estimate of drug-likeness (QED) is 0.728. The summed E-state index contributed by atoms with van der Waals surface area (Å²) in [5.74, 6) is 0.315. The fourth-order valence-corrected chi connectivity index (χ4v) is 2.56. The van der Waals surface area contributed by atoms with Gasteiger partial charge in [-0.2, -0.15) is 0 Å². The van der Waals surface area contributed by atoms with Crippen LogP contribution in [0.25, 0.3) is 0 Å². The fraction of sp³-hybridized carbons (Fsp3) is 0.923. The summed E-state index contributed by atoms with van der Waals surface area (Å²) in [6.07, 6.45) is 4.29. The highest BCUT2D eigenvalue weighted by Crippen LogP contribution is 2.26. The van der Waals surface area contributed by atoms with Crippen LogP contribution in [0.15, 0.2) is 0 Å². The van der Waals surface area contributed by atoms with E-state index in [2.05, 4.69) is 20.8 Å². The lowest BCUT2D eigenvalue weighted by molar-refractivity contribution is -0.155. The highest BCUT2D eigenvalue weighted by atomic mass is 32.2. The second-order valence-corrected chi connectivity index (χ2v) is 7.29. The molecule has 0 spiro atoms. The maximum atomic E-state index is 11.7. The van der Waals surface area contributed by atoms with E-state index in [-0.39, 0.29) is 22.9 Å². The Morgan fingerprint density at radius 3 is 2.35 bits per heavy atom. The number of carbonyl (C=O) groups is 1. The molecule has 1 aliphatic carbocycles. The molecule has 3 nitrogen and oxygen atoms in total. The minimum absolute atomic E-state index is 0.0400. The zero-order valence-electron chi connectivity index (χ0n) is 11.3. The largest absolute Gasteiger partial charge is 0.459 e. The SMILES string of the molecule is CO[C@@H]1CCCC[C@H]1OC(=O)CSC(C)(C)C. The van der Waals surface area contributed by atoms with Crippen LogP contribution in [0.2, 0.25) is 0 Å². The van der Waals surface area contributed by atoms with Crippen molar-refractivity contribution in [3.8, 4) is 0 Å². The first-order valence-corrected chi connectivity index (χ1v) is 7.27. The molecule has 4 heteroatoms. The van der Waals surface area contributed by atoms with Crippen LogP contribution in [0.1, 0.15) is 46.5 Å². The third-order valence-corrected chi connectivity index (χ3v) is 4.10. The second-order valence-electron chi connectivity index (χ2n) is 5.49. The van der Waals surface area contributed by atoms with Crippen LogP contribution in [0.4, 0.5) is 0 Å². The first-order chi connectivity index (χ1) is 7.92. The van der Waals surface area contributed by atoms with Crippen LogP contribution in [-0.4, -0.2) is 35.8 Å². The Kier molecular flexibility index (Phi) is 5.80. The lowest BCUT2D eigenvalue weighted by Crippen LogP contribution is -2.36. The van der Waals surface area contributed by atoms with Crippen LogP contribution in [0.3, 0.4) is 0 Å². The van der Waals surface area contributed by atoms with Gasteiger partial charge in [-0.05, 0) is 19.3 Å². The van der Waals surface area contributed by atoms with E-state index in [0.717, 1.165) is 19.3 Å². The molecule has 0 radical (unpaired) electrons. The Labute approximate surface area is 109 Å². The summed E-state index contributed by atoms with van der Waals surface area (Å²) in [6.45, 7) is 6.30. The number of esters is 1. The van der Waals surface area contributed by atoms with Crippen LogP contribution >= 0.6 is 11.8 Å². The third kappa shape index (κ3) is 5.77. The predicted molar refractivity (Wildman–Crippen MR) is 71.4 cm³/mol. The number of thioether (sulfide) groups is 1. The van der Waals surface area contributed by atoms with Crippen LogP contribution in [-0.2, 0) is 14.3 Å².